The fourth-order valence-corrected chi connectivity index (χ4v) is 1.62. The number of hydrogen-bond acceptors (Lipinski definition) is 0. The molecule has 0 amide bonds. The Kier molecular flexibility index (Phi) is 2.67. The lowest BCUT2D eigenvalue weighted by atomic mass is 9.95. The predicted molar refractivity (Wildman–Crippen MR) is 68.3 cm³/mol. The van der Waals surface area contributed by atoms with Gasteiger partial charge >= 0.3 is 0 Å². The van der Waals surface area contributed by atoms with E-state index in [0.717, 1.165) is 5.56 Å². The normalized spacial score (nSPS) is 17.3. The third-order valence-electron chi connectivity index (χ3n) is 1.99. The first kappa shape index (κ1) is 7.49. The molecule has 0 heterocycles. The van der Waals surface area contributed by atoms with Crippen molar-refractivity contribution >= 4 is 0 Å². The van der Waals surface area contributed by atoms with Crippen molar-refractivity contribution < 1.29 is 5.48 Å². The molecule has 0 heteroatoms. The molecule has 0 spiro atoms. The molecule has 0 saturated carbocycles. The second kappa shape index (κ2) is 5.34. The minimum absolute atomic E-state index is 0.146. The average Bonchev–Trinajstić information content (AvgIpc) is 2.27. The average molecular weight is 208 g/mol. The monoisotopic (exact) mass is 208 g/mol. The zero-order valence-electron chi connectivity index (χ0n) is 14.4. The molecule has 0 aliphatic rings. The van der Waals surface area contributed by atoms with Gasteiger partial charge in [0, 0.05) is 5.48 Å². The molecule has 0 fully saturated rings. The van der Waals surface area contributed by atoms with Gasteiger partial charge in [-0.2, -0.15) is 0 Å². The molecule has 1 rings (SSSR count). The summed E-state index contributed by atoms with van der Waals surface area (Å²) in [7, 11) is 0. The third kappa shape index (κ3) is 4.51. The highest BCUT2D eigenvalue weighted by atomic mass is 14.1. The van der Waals surface area contributed by atoms with E-state index < -0.39 is 12.7 Å². The van der Waals surface area contributed by atoms with Crippen LogP contribution in [0.1, 0.15) is 49.9 Å². The van der Waals surface area contributed by atoms with Crippen molar-refractivity contribution in [3.63, 3.8) is 0 Å². The Morgan fingerprint density at radius 3 is 1.67 bits per heavy atom. The summed E-state index contributed by atoms with van der Waals surface area (Å²) in [4.78, 5) is 0. The number of rotatable bonds is 4. The van der Waals surface area contributed by atoms with Crippen LogP contribution in [0.5, 0.6) is 0 Å². The van der Waals surface area contributed by atoms with E-state index in [4.69, 9.17) is 5.48 Å². The van der Waals surface area contributed by atoms with Crippen LogP contribution in [0.3, 0.4) is 0 Å². The maximum absolute atomic E-state index is 8.17. The van der Waals surface area contributed by atoms with Gasteiger partial charge in [0.25, 0.3) is 0 Å². The Hall–Kier alpha value is -0.780. The first-order valence-electron chi connectivity index (χ1n) is 7.62. The van der Waals surface area contributed by atoms with Crippen LogP contribution in [0.25, 0.3) is 0 Å². The van der Waals surface area contributed by atoms with E-state index in [1.165, 1.54) is 0 Å². The van der Waals surface area contributed by atoms with Crippen LogP contribution in [0.2, 0.25) is 0 Å². The Balaban J connectivity index is 3.37. The van der Waals surface area contributed by atoms with Crippen LogP contribution in [-0.4, -0.2) is 0 Å². The first-order chi connectivity index (χ1) is 8.49. The molecule has 15 heavy (non-hydrogen) atoms. The van der Waals surface area contributed by atoms with E-state index in [1.54, 1.807) is 6.07 Å². The zero-order valence-corrected chi connectivity index (χ0v) is 10.4. The van der Waals surface area contributed by atoms with E-state index >= 15 is 0 Å². The minimum Gasteiger partial charge on any atom is -0.0625 e. The Morgan fingerprint density at radius 1 is 0.933 bits per heavy atom. The van der Waals surface area contributed by atoms with Crippen LogP contribution in [0, 0.1) is 18.8 Å². The van der Waals surface area contributed by atoms with Gasteiger partial charge in [-0.3, -0.25) is 0 Å². The molecule has 0 aliphatic heterocycles. The lowest BCUT2D eigenvalue weighted by molar-refractivity contribution is 0.635. The van der Waals surface area contributed by atoms with E-state index in [9.17, 15) is 0 Å². The van der Waals surface area contributed by atoms with Gasteiger partial charge in [0.2, 0.25) is 0 Å². The summed E-state index contributed by atoms with van der Waals surface area (Å²) in [6.07, 6.45) is -2.87. The molecule has 0 saturated heterocycles. The van der Waals surface area contributed by atoms with Gasteiger partial charge in [0.05, 0.1) is 0 Å². The zero-order chi connectivity index (χ0) is 15.0. The van der Waals surface area contributed by atoms with Crippen molar-refractivity contribution in [1.29, 1.82) is 0 Å². The quantitative estimate of drug-likeness (QED) is 0.688. The second-order valence-electron chi connectivity index (χ2n) is 4.69. The molecular weight excluding hydrogens is 180 g/mol. The largest absolute Gasteiger partial charge is 0.0625 e. The van der Waals surface area contributed by atoms with Gasteiger partial charge in [-0.25, -0.2) is 0 Å². The standard InChI is InChI=1S/C15H24/c1-11(2)6-14-8-13(5)9-15(10-14)7-12(3)4/h8-12H,6-7H2,1-5H3/i6D2,7D2. The molecule has 0 bridgehead atoms. The molecule has 1 aromatic rings. The Bertz CT molecular complexity index is 409. The van der Waals surface area contributed by atoms with Crippen molar-refractivity contribution in [3.05, 3.63) is 34.9 Å². The van der Waals surface area contributed by atoms with E-state index in [0.29, 0.717) is 11.1 Å². The summed E-state index contributed by atoms with van der Waals surface area (Å²) in [5.41, 5.74) is 2.05. The van der Waals surface area contributed by atoms with Gasteiger partial charge in [-0.15, -0.1) is 0 Å². The highest BCUT2D eigenvalue weighted by molar-refractivity contribution is 5.30. The van der Waals surface area contributed by atoms with Crippen LogP contribution in [0.15, 0.2) is 18.2 Å². The SMILES string of the molecule is [2H]C([2H])(c1cc(C)cc(C([2H])([2H])C(C)C)c1)C(C)C. The fraction of sp³-hybridized carbons (Fsp3) is 0.600. The van der Waals surface area contributed by atoms with Crippen LogP contribution >= 0.6 is 0 Å². The predicted octanol–water partition coefficient (Wildman–Crippen LogP) is 4.39. The molecule has 0 unspecified atom stereocenters. The van der Waals surface area contributed by atoms with E-state index in [-0.39, 0.29) is 11.8 Å². The second-order valence-corrected chi connectivity index (χ2v) is 4.69. The van der Waals surface area contributed by atoms with Gasteiger partial charge in [-0.1, -0.05) is 51.5 Å². The minimum atomic E-state index is -1.44. The maximum Gasteiger partial charge on any atom is 0.0319 e. The van der Waals surface area contributed by atoms with Gasteiger partial charge in [-0.05, 0) is 42.6 Å². The first-order valence-corrected chi connectivity index (χ1v) is 5.62. The van der Waals surface area contributed by atoms with Crippen LogP contribution < -0.4 is 0 Å². The summed E-state index contributed by atoms with van der Waals surface area (Å²) in [5.74, 6) is -0.292. The highest BCUT2D eigenvalue weighted by Crippen LogP contribution is 2.16. The molecule has 0 aliphatic carbocycles. The molecule has 84 valence electrons. The molecule has 0 nitrogen and oxygen atoms in total. The van der Waals surface area contributed by atoms with Crippen molar-refractivity contribution in [1.82, 2.24) is 0 Å². The molecule has 0 atom stereocenters. The Morgan fingerprint density at radius 2 is 1.33 bits per heavy atom. The topological polar surface area (TPSA) is 0 Å². The van der Waals surface area contributed by atoms with E-state index in [1.807, 2.05) is 46.8 Å². The summed E-state index contributed by atoms with van der Waals surface area (Å²) < 4.78 is 32.7. The highest BCUT2D eigenvalue weighted by Gasteiger charge is 2.03. The van der Waals surface area contributed by atoms with Crippen molar-refractivity contribution in [3.8, 4) is 0 Å². The van der Waals surface area contributed by atoms with E-state index in [2.05, 4.69) is 0 Å². The number of aryl methyl sites for hydroxylation is 1. The number of hydrogen-bond donors (Lipinski definition) is 0. The van der Waals surface area contributed by atoms with Crippen LogP contribution in [0.4, 0.5) is 0 Å². The van der Waals surface area contributed by atoms with Crippen LogP contribution in [-0.2, 0) is 12.7 Å². The molecular formula is C15H24. The fourth-order valence-electron chi connectivity index (χ4n) is 1.62. The van der Waals surface area contributed by atoms with Crippen molar-refractivity contribution in [2.75, 3.05) is 0 Å². The molecule has 0 radical (unpaired) electrons. The molecule has 1 aromatic carbocycles. The summed E-state index contributed by atoms with van der Waals surface area (Å²) in [6.45, 7) is 9.27. The Labute approximate surface area is 100 Å². The van der Waals surface area contributed by atoms with Gasteiger partial charge < -0.3 is 0 Å². The summed E-state index contributed by atoms with van der Waals surface area (Å²) in [6, 6.07) is 5.33. The summed E-state index contributed by atoms with van der Waals surface area (Å²) in [5, 5.41) is 0. The third-order valence-corrected chi connectivity index (χ3v) is 1.99. The van der Waals surface area contributed by atoms with Crippen molar-refractivity contribution in [2.24, 2.45) is 11.8 Å². The number of benzene rings is 1. The van der Waals surface area contributed by atoms with Gasteiger partial charge in [0.15, 0.2) is 0 Å². The molecule has 0 N–H and O–H groups in total. The van der Waals surface area contributed by atoms with Gasteiger partial charge in [0.1, 0.15) is 0 Å². The maximum atomic E-state index is 8.17. The smallest absolute Gasteiger partial charge is 0.0319 e. The lowest BCUT2D eigenvalue weighted by Crippen LogP contribution is -1.99. The van der Waals surface area contributed by atoms with Crippen molar-refractivity contribution in [2.45, 2.75) is 47.4 Å². The summed E-state index contributed by atoms with van der Waals surface area (Å²) >= 11 is 0. The molecule has 0 aromatic heterocycles. The lowest BCUT2D eigenvalue weighted by Gasteiger charge is -2.11.